The van der Waals surface area contributed by atoms with Crippen LogP contribution >= 0.6 is 11.6 Å². The number of hydrogen-bond donors (Lipinski definition) is 1. The van der Waals surface area contributed by atoms with Crippen LogP contribution in [0.15, 0.2) is 48.5 Å². The molecular formula is C21H26ClN3O2. The van der Waals surface area contributed by atoms with Crippen LogP contribution in [0.4, 0.5) is 5.69 Å². The van der Waals surface area contributed by atoms with Crippen molar-refractivity contribution in [3.8, 4) is 5.75 Å². The Hall–Kier alpha value is -2.24. The molecule has 0 unspecified atom stereocenters. The Morgan fingerprint density at radius 3 is 2.48 bits per heavy atom. The third kappa shape index (κ3) is 5.37. The van der Waals surface area contributed by atoms with E-state index < -0.39 is 0 Å². The molecule has 6 heteroatoms. The highest BCUT2D eigenvalue weighted by molar-refractivity contribution is 6.30. The first-order valence-corrected chi connectivity index (χ1v) is 9.78. The largest absolute Gasteiger partial charge is 0.493 e. The van der Waals surface area contributed by atoms with Gasteiger partial charge in [0.25, 0.3) is 5.91 Å². The van der Waals surface area contributed by atoms with E-state index in [0.29, 0.717) is 24.5 Å². The van der Waals surface area contributed by atoms with Crippen LogP contribution in [0.2, 0.25) is 5.02 Å². The van der Waals surface area contributed by atoms with E-state index in [2.05, 4.69) is 27.2 Å². The van der Waals surface area contributed by atoms with E-state index in [9.17, 15) is 4.79 Å². The fourth-order valence-electron chi connectivity index (χ4n) is 3.24. The maximum absolute atomic E-state index is 12.4. The summed E-state index contributed by atoms with van der Waals surface area (Å²) in [4.78, 5) is 17.2. The quantitative estimate of drug-likeness (QED) is 0.791. The Labute approximate surface area is 165 Å². The number of para-hydroxylation sites is 1. The summed E-state index contributed by atoms with van der Waals surface area (Å²) >= 11 is 5.96. The van der Waals surface area contributed by atoms with Crippen LogP contribution in [-0.4, -0.2) is 56.7 Å². The van der Waals surface area contributed by atoms with Crippen molar-refractivity contribution in [3.05, 3.63) is 59.1 Å². The Kier molecular flexibility index (Phi) is 6.96. The highest BCUT2D eigenvalue weighted by Crippen LogP contribution is 2.19. The van der Waals surface area contributed by atoms with Gasteiger partial charge in [0.2, 0.25) is 0 Å². The lowest BCUT2D eigenvalue weighted by atomic mass is 10.2. The van der Waals surface area contributed by atoms with Crippen LogP contribution in [-0.2, 0) is 0 Å². The number of nitrogens with one attached hydrogen (secondary N) is 1. The number of carbonyl (C=O) groups is 1. The Bertz CT molecular complexity index is 743. The zero-order valence-corrected chi connectivity index (χ0v) is 16.4. The zero-order chi connectivity index (χ0) is 19.1. The van der Waals surface area contributed by atoms with Crippen molar-refractivity contribution in [2.75, 3.05) is 50.8 Å². The van der Waals surface area contributed by atoms with Crippen molar-refractivity contribution in [1.29, 1.82) is 0 Å². The third-order valence-corrected chi connectivity index (χ3v) is 4.96. The van der Waals surface area contributed by atoms with Crippen molar-refractivity contribution in [2.24, 2.45) is 0 Å². The predicted octanol–water partition coefficient (Wildman–Crippen LogP) is 3.29. The standard InChI is InChI=1S/C21H26ClN3O2/c1-2-27-20-6-4-3-5-19(20)21(26)23-11-12-24-13-15-25(16-14-24)18-9-7-17(22)8-10-18/h3-10H,2,11-16H2,1H3,(H,23,26). The fraction of sp³-hybridized carbons (Fsp3) is 0.381. The fourth-order valence-corrected chi connectivity index (χ4v) is 3.37. The number of rotatable bonds is 7. The smallest absolute Gasteiger partial charge is 0.255 e. The molecular weight excluding hydrogens is 362 g/mol. The molecule has 1 saturated heterocycles. The van der Waals surface area contributed by atoms with Gasteiger partial charge in [0.05, 0.1) is 12.2 Å². The van der Waals surface area contributed by atoms with Crippen LogP contribution < -0.4 is 15.0 Å². The first-order chi connectivity index (χ1) is 13.2. The van der Waals surface area contributed by atoms with Crippen LogP contribution in [0.3, 0.4) is 0 Å². The van der Waals surface area contributed by atoms with Crippen LogP contribution in [0.25, 0.3) is 0 Å². The Balaban J connectivity index is 1.43. The average molecular weight is 388 g/mol. The van der Waals surface area contributed by atoms with Crippen molar-refractivity contribution >= 4 is 23.2 Å². The summed E-state index contributed by atoms with van der Waals surface area (Å²) in [6.45, 7) is 7.84. The molecule has 5 nitrogen and oxygen atoms in total. The Morgan fingerprint density at radius 1 is 1.07 bits per heavy atom. The first kappa shape index (κ1) is 19.5. The zero-order valence-electron chi connectivity index (χ0n) is 15.7. The van der Waals surface area contributed by atoms with E-state index in [-0.39, 0.29) is 5.91 Å². The number of anilines is 1. The van der Waals surface area contributed by atoms with Gasteiger partial charge in [0.15, 0.2) is 0 Å². The summed E-state index contributed by atoms with van der Waals surface area (Å²) in [6.07, 6.45) is 0. The topological polar surface area (TPSA) is 44.8 Å². The van der Waals surface area contributed by atoms with Gasteiger partial charge in [0.1, 0.15) is 5.75 Å². The number of halogens is 1. The molecule has 0 aliphatic carbocycles. The molecule has 0 atom stereocenters. The molecule has 1 heterocycles. The minimum Gasteiger partial charge on any atom is -0.493 e. The summed E-state index contributed by atoms with van der Waals surface area (Å²) in [5.41, 5.74) is 1.80. The molecule has 1 N–H and O–H groups in total. The minimum atomic E-state index is -0.0844. The molecule has 144 valence electrons. The predicted molar refractivity (Wildman–Crippen MR) is 110 cm³/mol. The molecule has 0 bridgehead atoms. The molecule has 27 heavy (non-hydrogen) atoms. The SMILES string of the molecule is CCOc1ccccc1C(=O)NCCN1CCN(c2ccc(Cl)cc2)CC1. The second-order valence-corrected chi connectivity index (χ2v) is 6.93. The lowest BCUT2D eigenvalue weighted by Crippen LogP contribution is -2.48. The van der Waals surface area contributed by atoms with Crippen LogP contribution in [0.5, 0.6) is 5.75 Å². The number of benzene rings is 2. The normalized spacial score (nSPS) is 14.8. The molecule has 2 aromatic rings. The van der Waals surface area contributed by atoms with Gasteiger partial charge in [-0.15, -0.1) is 0 Å². The van der Waals surface area contributed by atoms with E-state index in [1.807, 2.05) is 37.3 Å². The highest BCUT2D eigenvalue weighted by atomic mass is 35.5. The number of nitrogens with zero attached hydrogens (tertiary/aromatic N) is 2. The van der Waals surface area contributed by atoms with Gasteiger partial charge in [-0.25, -0.2) is 0 Å². The summed E-state index contributed by atoms with van der Waals surface area (Å²) in [6, 6.07) is 15.3. The highest BCUT2D eigenvalue weighted by Gasteiger charge is 2.17. The van der Waals surface area contributed by atoms with Gasteiger partial charge in [0, 0.05) is 50.0 Å². The molecule has 0 radical (unpaired) electrons. The van der Waals surface area contributed by atoms with Gasteiger partial charge in [-0.3, -0.25) is 9.69 Å². The molecule has 2 aromatic carbocycles. The van der Waals surface area contributed by atoms with Crippen molar-refractivity contribution in [3.63, 3.8) is 0 Å². The number of carbonyl (C=O) groups excluding carboxylic acids is 1. The molecule has 0 aromatic heterocycles. The van der Waals surface area contributed by atoms with Gasteiger partial charge in [-0.2, -0.15) is 0 Å². The molecule has 1 fully saturated rings. The van der Waals surface area contributed by atoms with E-state index in [1.165, 1.54) is 5.69 Å². The second kappa shape index (κ2) is 9.62. The van der Waals surface area contributed by atoms with Crippen molar-refractivity contribution in [2.45, 2.75) is 6.92 Å². The molecule has 1 aliphatic heterocycles. The van der Waals surface area contributed by atoms with E-state index in [0.717, 1.165) is 37.7 Å². The van der Waals surface area contributed by atoms with Gasteiger partial charge in [-0.1, -0.05) is 23.7 Å². The van der Waals surface area contributed by atoms with Gasteiger partial charge < -0.3 is 15.0 Å². The number of hydrogen-bond acceptors (Lipinski definition) is 4. The lowest BCUT2D eigenvalue weighted by Gasteiger charge is -2.36. The lowest BCUT2D eigenvalue weighted by molar-refractivity contribution is 0.0944. The minimum absolute atomic E-state index is 0.0844. The molecule has 0 saturated carbocycles. The second-order valence-electron chi connectivity index (χ2n) is 6.49. The monoisotopic (exact) mass is 387 g/mol. The van der Waals surface area contributed by atoms with E-state index >= 15 is 0 Å². The maximum atomic E-state index is 12.4. The van der Waals surface area contributed by atoms with E-state index in [4.69, 9.17) is 16.3 Å². The summed E-state index contributed by atoms with van der Waals surface area (Å²) in [5, 5.41) is 3.77. The number of ether oxygens (including phenoxy) is 1. The van der Waals surface area contributed by atoms with Crippen molar-refractivity contribution < 1.29 is 9.53 Å². The summed E-state index contributed by atoms with van der Waals surface area (Å²) < 4.78 is 5.53. The molecule has 1 aliphatic rings. The van der Waals surface area contributed by atoms with Crippen LogP contribution in [0, 0.1) is 0 Å². The molecule has 0 spiro atoms. The Morgan fingerprint density at radius 2 is 1.78 bits per heavy atom. The average Bonchev–Trinajstić information content (AvgIpc) is 2.70. The molecule has 1 amide bonds. The first-order valence-electron chi connectivity index (χ1n) is 9.40. The summed E-state index contributed by atoms with van der Waals surface area (Å²) in [5.74, 6) is 0.549. The maximum Gasteiger partial charge on any atom is 0.255 e. The summed E-state index contributed by atoms with van der Waals surface area (Å²) in [7, 11) is 0. The van der Waals surface area contributed by atoms with Crippen LogP contribution in [0.1, 0.15) is 17.3 Å². The number of amides is 1. The number of piperazine rings is 1. The van der Waals surface area contributed by atoms with Gasteiger partial charge in [-0.05, 0) is 43.3 Å². The van der Waals surface area contributed by atoms with Gasteiger partial charge >= 0.3 is 0 Å². The molecule has 3 rings (SSSR count). The van der Waals surface area contributed by atoms with Crippen molar-refractivity contribution in [1.82, 2.24) is 10.2 Å². The third-order valence-electron chi connectivity index (χ3n) is 4.71. The van der Waals surface area contributed by atoms with E-state index in [1.54, 1.807) is 6.07 Å².